The summed E-state index contributed by atoms with van der Waals surface area (Å²) in [7, 11) is 1.88. The maximum absolute atomic E-state index is 11.0. The van der Waals surface area contributed by atoms with E-state index in [-0.39, 0.29) is 11.7 Å². The van der Waals surface area contributed by atoms with E-state index in [0.29, 0.717) is 5.82 Å². The van der Waals surface area contributed by atoms with E-state index >= 15 is 0 Å². The Bertz CT molecular complexity index is 864. The molecule has 122 valence electrons. The van der Waals surface area contributed by atoms with E-state index in [0.717, 1.165) is 15.7 Å². The monoisotopic (exact) mass is 389 g/mol. The molecule has 1 aromatic heterocycles. The normalized spacial score (nSPS) is 12.1. The van der Waals surface area contributed by atoms with Crippen LogP contribution < -0.4 is 5.32 Å². The molecule has 0 saturated carbocycles. The summed E-state index contributed by atoms with van der Waals surface area (Å²) in [4.78, 5) is 10.6. The van der Waals surface area contributed by atoms with Crippen molar-refractivity contribution in [1.29, 1.82) is 0 Å². The fraction of sp³-hybridized carbons (Fsp3) is 0.133. The molecule has 0 saturated heterocycles. The summed E-state index contributed by atoms with van der Waals surface area (Å²) < 4.78 is 2.59. The van der Waals surface area contributed by atoms with Crippen molar-refractivity contribution in [2.45, 2.75) is 6.04 Å². The van der Waals surface area contributed by atoms with Gasteiger partial charge in [0.2, 0.25) is 5.82 Å². The number of halogens is 1. The minimum Gasteiger partial charge on any atom is -0.336 e. The van der Waals surface area contributed by atoms with Gasteiger partial charge in [-0.2, -0.15) is 4.68 Å². The fourth-order valence-corrected chi connectivity index (χ4v) is 2.74. The summed E-state index contributed by atoms with van der Waals surface area (Å²) in [6, 6.07) is 13.8. The van der Waals surface area contributed by atoms with Gasteiger partial charge in [0, 0.05) is 22.2 Å². The number of tetrazole rings is 1. The van der Waals surface area contributed by atoms with Crippen LogP contribution in [-0.4, -0.2) is 32.2 Å². The minimum absolute atomic E-state index is 0.0435. The molecular weight excluding hydrogens is 376 g/mol. The Morgan fingerprint density at radius 1 is 1.25 bits per heavy atom. The number of aromatic nitrogens is 4. The number of nitro benzene ring substituents is 1. The van der Waals surface area contributed by atoms with Gasteiger partial charge in [-0.25, -0.2) is 0 Å². The van der Waals surface area contributed by atoms with Gasteiger partial charge in [0.1, 0.15) is 0 Å². The summed E-state index contributed by atoms with van der Waals surface area (Å²) >= 11 is 3.40. The molecule has 1 atom stereocenters. The second kappa shape index (κ2) is 6.85. The summed E-state index contributed by atoms with van der Waals surface area (Å²) in [5.74, 6) is 0.598. The van der Waals surface area contributed by atoms with Gasteiger partial charge in [-0.05, 0) is 34.7 Å². The lowest BCUT2D eigenvalue weighted by molar-refractivity contribution is -0.662. The number of non-ortho nitro benzene ring substituents is 1. The molecule has 0 spiro atoms. The molecule has 0 amide bonds. The Morgan fingerprint density at radius 3 is 2.67 bits per heavy atom. The average Bonchev–Trinajstić information content (AvgIpc) is 3.06. The van der Waals surface area contributed by atoms with Crippen LogP contribution in [-0.2, 0) is 0 Å². The maximum Gasteiger partial charge on any atom is 0.269 e. The molecule has 0 radical (unpaired) electrons. The SMILES string of the molecule is C[NH2+][C@H](c1cccc([N+](=O)[O-])c1)c1nnnn1-c1ccc(Br)cc1. The molecule has 9 heteroatoms. The molecular formula is C15H14BrN6O2+. The van der Waals surface area contributed by atoms with Gasteiger partial charge in [-0.3, -0.25) is 10.1 Å². The Hall–Kier alpha value is -2.65. The van der Waals surface area contributed by atoms with Crippen LogP contribution in [0.3, 0.4) is 0 Å². The van der Waals surface area contributed by atoms with Gasteiger partial charge in [0.05, 0.1) is 17.7 Å². The molecule has 0 aliphatic carbocycles. The van der Waals surface area contributed by atoms with E-state index in [4.69, 9.17) is 0 Å². The van der Waals surface area contributed by atoms with Crippen molar-refractivity contribution < 1.29 is 10.2 Å². The predicted molar refractivity (Wildman–Crippen MR) is 89.6 cm³/mol. The number of quaternary nitrogens is 1. The zero-order chi connectivity index (χ0) is 17.1. The highest BCUT2D eigenvalue weighted by molar-refractivity contribution is 9.10. The summed E-state index contributed by atoms with van der Waals surface area (Å²) in [5.41, 5.74) is 1.62. The van der Waals surface area contributed by atoms with Gasteiger partial charge in [0.15, 0.2) is 6.04 Å². The average molecular weight is 390 g/mol. The third kappa shape index (κ3) is 3.17. The largest absolute Gasteiger partial charge is 0.336 e. The van der Waals surface area contributed by atoms with Gasteiger partial charge < -0.3 is 5.32 Å². The van der Waals surface area contributed by atoms with E-state index in [1.165, 1.54) is 6.07 Å². The van der Waals surface area contributed by atoms with Crippen LogP contribution in [0.25, 0.3) is 5.69 Å². The topological polar surface area (TPSA) is 103 Å². The van der Waals surface area contributed by atoms with E-state index in [2.05, 4.69) is 31.5 Å². The highest BCUT2D eigenvalue weighted by Gasteiger charge is 2.25. The zero-order valence-corrected chi connectivity index (χ0v) is 14.3. The molecule has 0 bridgehead atoms. The molecule has 8 nitrogen and oxygen atoms in total. The van der Waals surface area contributed by atoms with Crippen LogP contribution in [0, 0.1) is 10.1 Å². The van der Waals surface area contributed by atoms with Crippen LogP contribution in [0.4, 0.5) is 5.69 Å². The van der Waals surface area contributed by atoms with Crippen molar-refractivity contribution in [1.82, 2.24) is 20.2 Å². The van der Waals surface area contributed by atoms with Crippen LogP contribution in [0.1, 0.15) is 17.4 Å². The first kappa shape index (κ1) is 16.2. The number of hydrogen-bond acceptors (Lipinski definition) is 5. The lowest BCUT2D eigenvalue weighted by atomic mass is 10.1. The first-order valence-corrected chi connectivity index (χ1v) is 7.97. The molecule has 0 unspecified atom stereocenters. The molecule has 3 rings (SSSR count). The maximum atomic E-state index is 11.0. The first-order chi connectivity index (χ1) is 11.6. The third-order valence-corrected chi connectivity index (χ3v) is 4.15. The third-order valence-electron chi connectivity index (χ3n) is 3.62. The van der Waals surface area contributed by atoms with Crippen LogP contribution in [0.15, 0.2) is 53.0 Å². The molecule has 0 aliphatic heterocycles. The quantitative estimate of drug-likeness (QED) is 0.527. The van der Waals surface area contributed by atoms with Gasteiger partial charge in [-0.15, -0.1) is 5.10 Å². The van der Waals surface area contributed by atoms with E-state index < -0.39 is 4.92 Å². The highest BCUT2D eigenvalue weighted by Crippen LogP contribution is 2.23. The van der Waals surface area contributed by atoms with Crippen molar-refractivity contribution >= 4 is 21.6 Å². The number of rotatable bonds is 5. The van der Waals surface area contributed by atoms with E-state index in [1.54, 1.807) is 16.8 Å². The number of nitro groups is 1. The smallest absolute Gasteiger partial charge is 0.269 e. The summed E-state index contributed by atoms with van der Waals surface area (Å²) in [6.07, 6.45) is 0. The van der Waals surface area contributed by atoms with E-state index in [9.17, 15) is 10.1 Å². The van der Waals surface area contributed by atoms with Crippen molar-refractivity contribution in [3.63, 3.8) is 0 Å². The van der Waals surface area contributed by atoms with Crippen molar-refractivity contribution in [2.75, 3.05) is 7.05 Å². The lowest BCUT2D eigenvalue weighted by Gasteiger charge is -2.13. The molecule has 2 N–H and O–H groups in total. The second-order valence-electron chi connectivity index (χ2n) is 5.09. The van der Waals surface area contributed by atoms with Crippen LogP contribution >= 0.6 is 15.9 Å². The number of nitrogens with two attached hydrogens (primary N) is 1. The lowest BCUT2D eigenvalue weighted by Crippen LogP contribution is -2.81. The number of benzene rings is 2. The van der Waals surface area contributed by atoms with Crippen LogP contribution in [0.5, 0.6) is 0 Å². The van der Waals surface area contributed by atoms with Crippen molar-refractivity contribution in [3.05, 3.63) is 74.5 Å². The van der Waals surface area contributed by atoms with Gasteiger partial charge in [-0.1, -0.05) is 28.1 Å². The molecule has 0 aliphatic rings. The number of hydrogen-bond donors (Lipinski definition) is 1. The number of nitrogens with zero attached hydrogens (tertiary/aromatic N) is 5. The first-order valence-electron chi connectivity index (χ1n) is 7.18. The Labute approximate surface area is 145 Å². The van der Waals surface area contributed by atoms with E-state index in [1.807, 2.05) is 42.7 Å². The van der Waals surface area contributed by atoms with Crippen LogP contribution in [0.2, 0.25) is 0 Å². The summed E-state index contributed by atoms with van der Waals surface area (Å²) in [5, 5.41) is 24.9. The standard InChI is InChI=1S/C15H13BrN6O2/c1-17-14(10-3-2-4-13(9-10)22(23)24)15-18-19-20-21(15)12-7-5-11(16)6-8-12/h2-9,14,17H,1H3/p+1/t14-/m1/s1. The second-order valence-corrected chi connectivity index (χ2v) is 6.00. The molecule has 1 heterocycles. The highest BCUT2D eigenvalue weighted by atomic mass is 79.9. The molecule has 24 heavy (non-hydrogen) atoms. The zero-order valence-electron chi connectivity index (χ0n) is 12.7. The molecule has 0 fully saturated rings. The Morgan fingerprint density at radius 2 is 2.00 bits per heavy atom. The fourth-order valence-electron chi connectivity index (χ4n) is 2.48. The van der Waals surface area contributed by atoms with Crippen molar-refractivity contribution in [3.8, 4) is 5.69 Å². The van der Waals surface area contributed by atoms with Gasteiger partial charge in [0.25, 0.3) is 5.69 Å². The molecule has 3 aromatic rings. The summed E-state index contributed by atoms with van der Waals surface area (Å²) in [6.45, 7) is 0. The predicted octanol–water partition coefficient (Wildman–Crippen LogP) is 1.62. The molecule has 2 aromatic carbocycles. The minimum atomic E-state index is -0.409. The Kier molecular flexibility index (Phi) is 4.63. The van der Waals surface area contributed by atoms with Crippen molar-refractivity contribution in [2.24, 2.45) is 0 Å². The van der Waals surface area contributed by atoms with Gasteiger partial charge >= 0.3 is 0 Å². The Balaban J connectivity index is 2.04.